The number of halogens is 1. The van der Waals surface area contributed by atoms with Crippen molar-refractivity contribution in [3.05, 3.63) is 47.8 Å². The van der Waals surface area contributed by atoms with Crippen molar-refractivity contribution < 1.29 is 9.18 Å². The highest BCUT2D eigenvalue weighted by Gasteiger charge is 2.11. The quantitative estimate of drug-likeness (QED) is 0.815. The topological polar surface area (TPSA) is 29.1 Å². The van der Waals surface area contributed by atoms with Crippen LogP contribution in [0.4, 0.5) is 4.39 Å². The minimum atomic E-state index is -0.294. The number of hydrogen-bond donors (Lipinski definition) is 1. The zero-order chi connectivity index (χ0) is 14.5. The van der Waals surface area contributed by atoms with Crippen LogP contribution in [0.5, 0.6) is 0 Å². The van der Waals surface area contributed by atoms with Crippen molar-refractivity contribution in [3.63, 3.8) is 0 Å². The van der Waals surface area contributed by atoms with Gasteiger partial charge in [-0.25, -0.2) is 4.39 Å². The van der Waals surface area contributed by atoms with Crippen LogP contribution < -0.4 is 5.32 Å². The van der Waals surface area contributed by atoms with Gasteiger partial charge in [-0.1, -0.05) is 38.1 Å². The normalized spacial score (nSPS) is 11.0. The predicted octanol–water partition coefficient (Wildman–Crippen LogP) is 4.14. The highest BCUT2D eigenvalue weighted by atomic mass is 19.1. The minimum Gasteiger partial charge on any atom is -0.352 e. The summed E-state index contributed by atoms with van der Waals surface area (Å²) >= 11 is 0. The molecule has 1 amide bonds. The van der Waals surface area contributed by atoms with Crippen molar-refractivity contribution >= 4 is 16.7 Å². The Bertz CT molecular complexity index is 607. The summed E-state index contributed by atoms with van der Waals surface area (Å²) in [6.07, 6.45) is 2.05. The fourth-order valence-electron chi connectivity index (χ4n) is 2.27. The van der Waals surface area contributed by atoms with Crippen LogP contribution in [0.15, 0.2) is 36.4 Å². The van der Waals surface area contributed by atoms with E-state index in [1.165, 1.54) is 6.07 Å². The molecule has 2 aromatic rings. The molecular weight excluding hydrogens is 253 g/mol. The first-order valence-electron chi connectivity index (χ1n) is 7.05. The Morgan fingerprint density at radius 3 is 2.55 bits per heavy atom. The van der Waals surface area contributed by atoms with Crippen molar-refractivity contribution in [2.45, 2.75) is 26.7 Å². The van der Waals surface area contributed by atoms with Crippen LogP contribution in [0.1, 0.15) is 37.0 Å². The fraction of sp³-hybridized carbons (Fsp3) is 0.353. The van der Waals surface area contributed by atoms with Crippen molar-refractivity contribution in [2.24, 2.45) is 5.92 Å². The molecule has 0 saturated carbocycles. The fourth-order valence-corrected chi connectivity index (χ4v) is 2.27. The van der Waals surface area contributed by atoms with Gasteiger partial charge in [0.15, 0.2) is 0 Å². The van der Waals surface area contributed by atoms with Crippen LogP contribution in [-0.4, -0.2) is 12.5 Å². The summed E-state index contributed by atoms with van der Waals surface area (Å²) in [6, 6.07) is 9.97. The van der Waals surface area contributed by atoms with Crippen LogP contribution in [0.25, 0.3) is 10.8 Å². The Hall–Kier alpha value is -1.90. The first-order chi connectivity index (χ1) is 9.59. The van der Waals surface area contributed by atoms with Crippen LogP contribution in [0, 0.1) is 11.7 Å². The molecule has 0 aliphatic carbocycles. The summed E-state index contributed by atoms with van der Waals surface area (Å²) < 4.78 is 13.7. The molecule has 1 N–H and O–H groups in total. The second-order valence-electron chi connectivity index (χ2n) is 5.43. The molecule has 0 radical (unpaired) electrons. The van der Waals surface area contributed by atoms with Gasteiger partial charge in [0, 0.05) is 17.5 Å². The number of fused-ring (bicyclic) bond motifs is 1. The van der Waals surface area contributed by atoms with E-state index in [-0.39, 0.29) is 11.7 Å². The largest absolute Gasteiger partial charge is 0.352 e. The lowest BCUT2D eigenvalue weighted by atomic mass is 10.0. The van der Waals surface area contributed by atoms with Crippen LogP contribution in [0.3, 0.4) is 0 Å². The number of carbonyl (C=O) groups excluding carboxylic acids is 1. The van der Waals surface area contributed by atoms with Gasteiger partial charge in [0.2, 0.25) is 0 Å². The highest BCUT2D eigenvalue weighted by molar-refractivity contribution is 6.07. The third kappa shape index (κ3) is 3.35. The second-order valence-corrected chi connectivity index (χ2v) is 5.43. The molecule has 0 heterocycles. The van der Waals surface area contributed by atoms with Gasteiger partial charge in [0.25, 0.3) is 5.91 Å². The number of benzene rings is 2. The molecule has 2 rings (SSSR count). The van der Waals surface area contributed by atoms with E-state index < -0.39 is 0 Å². The molecule has 0 aliphatic rings. The molecule has 0 saturated heterocycles. The first-order valence-corrected chi connectivity index (χ1v) is 7.05. The van der Waals surface area contributed by atoms with E-state index in [9.17, 15) is 9.18 Å². The standard InChI is InChI=1S/C17H20FNO/c1-12(2)6-5-11-19-17(20)15-9-10-16(18)14-8-4-3-7-13(14)15/h3-4,7-10,12H,5-6,11H2,1-2H3,(H,19,20). The molecule has 2 nitrogen and oxygen atoms in total. The minimum absolute atomic E-state index is 0.134. The number of hydrogen-bond acceptors (Lipinski definition) is 1. The predicted molar refractivity (Wildman–Crippen MR) is 80.3 cm³/mol. The Balaban J connectivity index is 2.12. The first kappa shape index (κ1) is 14.5. The van der Waals surface area contributed by atoms with E-state index in [1.54, 1.807) is 24.3 Å². The monoisotopic (exact) mass is 273 g/mol. The van der Waals surface area contributed by atoms with E-state index in [0.29, 0.717) is 28.8 Å². The summed E-state index contributed by atoms with van der Waals surface area (Å²) in [7, 11) is 0. The lowest BCUT2D eigenvalue weighted by molar-refractivity contribution is 0.0954. The van der Waals surface area contributed by atoms with Gasteiger partial charge in [-0.2, -0.15) is 0 Å². The highest BCUT2D eigenvalue weighted by Crippen LogP contribution is 2.21. The van der Waals surface area contributed by atoms with Gasteiger partial charge >= 0.3 is 0 Å². The average molecular weight is 273 g/mol. The molecule has 3 heteroatoms. The number of rotatable bonds is 5. The maximum atomic E-state index is 13.7. The molecular formula is C17H20FNO. The van der Waals surface area contributed by atoms with Crippen LogP contribution in [-0.2, 0) is 0 Å². The Morgan fingerprint density at radius 2 is 1.85 bits per heavy atom. The SMILES string of the molecule is CC(C)CCCNC(=O)c1ccc(F)c2ccccc12. The average Bonchev–Trinajstić information content (AvgIpc) is 2.44. The van der Waals surface area contributed by atoms with E-state index in [2.05, 4.69) is 19.2 Å². The summed E-state index contributed by atoms with van der Waals surface area (Å²) in [5, 5.41) is 4.05. The molecule has 0 aliphatic heterocycles. The smallest absolute Gasteiger partial charge is 0.251 e. The molecule has 0 unspecified atom stereocenters. The molecule has 0 bridgehead atoms. The lowest BCUT2D eigenvalue weighted by Gasteiger charge is -2.09. The maximum Gasteiger partial charge on any atom is 0.251 e. The number of amides is 1. The summed E-state index contributed by atoms with van der Waals surface area (Å²) in [4.78, 5) is 12.2. The van der Waals surface area contributed by atoms with Crippen molar-refractivity contribution in [2.75, 3.05) is 6.54 Å². The van der Waals surface area contributed by atoms with Gasteiger partial charge in [0.05, 0.1) is 0 Å². The zero-order valence-corrected chi connectivity index (χ0v) is 11.9. The maximum absolute atomic E-state index is 13.7. The molecule has 0 aromatic heterocycles. The zero-order valence-electron chi connectivity index (χ0n) is 11.9. The third-order valence-corrected chi connectivity index (χ3v) is 3.36. The lowest BCUT2D eigenvalue weighted by Crippen LogP contribution is -2.25. The molecule has 20 heavy (non-hydrogen) atoms. The van der Waals surface area contributed by atoms with Gasteiger partial charge in [-0.3, -0.25) is 4.79 Å². The molecule has 106 valence electrons. The van der Waals surface area contributed by atoms with Gasteiger partial charge in [-0.15, -0.1) is 0 Å². The summed E-state index contributed by atoms with van der Waals surface area (Å²) in [5.74, 6) is 0.209. The van der Waals surface area contributed by atoms with Crippen molar-refractivity contribution in [3.8, 4) is 0 Å². The Kier molecular flexibility index (Phi) is 4.72. The second kappa shape index (κ2) is 6.51. The summed E-state index contributed by atoms with van der Waals surface area (Å²) in [5.41, 5.74) is 0.534. The molecule has 2 aromatic carbocycles. The number of carbonyl (C=O) groups is 1. The Labute approximate surface area is 119 Å². The number of nitrogens with one attached hydrogen (secondary N) is 1. The summed E-state index contributed by atoms with van der Waals surface area (Å²) in [6.45, 7) is 4.98. The van der Waals surface area contributed by atoms with Crippen LogP contribution in [0.2, 0.25) is 0 Å². The van der Waals surface area contributed by atoms with E-state index in [4.69, 9.17) is 0 Å². The third-order valence-electron chi connectivity index (χ3n) is 3.36. The molecule has 0 fully saturated rings. The van der Waals surface area contributed by atoms with Crippen molar-refractivity contribution in [1.82, 2.24) is 5.32 Å². The Morgan fingerprint density at radius 1 is 1.15 bits per heavy atom. The van der Waals surface area contributed by atoms with E-state index in [0.717, 1.165) is 12.8 Å². The van der Waals surface area contributed by atoms with Gasteiger partial charge in [-0.05, 0) is 36.3 Å². The van der Waals surface area contributed by atoms with Gasteiger partial charge in [0.1, 0.15) is 5.82 Å². The van der Waals surface area contributed by atoms with Gasteiger partial charge < -0.3 is 5.32 Å². The van der Waals surface area contributed by atoms with Crippen LogP contribution >= 0.6 is 0 Å². The molecule has 0 spiro atoms. The molecule has 0 atom stereocenters. The van der Waals surface area contributed by atoms with E-state index >= 15 is 0 Å². The van der Waals surface area contributed by atoms with Crippen molar-refractivity contribution in [1.29, 1.82) is 0 Å². The van der Waals surface area contributed by atoms with E-state index in [1.807, 2.05) is 6.07 Å².